The number of benzene rings is 3. The van der Waals surface area contributed by atoms with E-state index in [0.717, 1.165) is 41.5 Å². The molecule has 0 amide bonds. The maximum Gasteiger partial charge on any atom is 0.118 e. The first kappa shape index (κ1) is 19.8. The Hall–Kier alpha value is -2.94. The SMILES string of the molecule is Cc1cc(CCCC(C)(c2ccc(O)cc2)c2ccc(O)c(C)c2)ccc1O. The second kappa shape index (κ2) is 7.97. The molecule has 28 heavy (non-hydrogen) atoms. The van der Waals surface area contributed by atoms with Crippen LogP contribution in [0.1, 0.15) is 47.6 Å². The summed E-state index contributed by atoms with van der Waals surface area (Å²) in [5.74, 6) is 0.890. The van der Waals surface area contributed by atoms with Crippen LogP contribution in [0.2, 0.25) is 0 Å². The van der Waals surface area contributed by atoms with Crippen molar-refractivity contribution in [2.75, 3.05) is 0 Å². The molecule has 0 aliphatic carbocycles. The van der Waals surface area contributed by atoms with Gasteiger partial charge in [-0.25, -0.2) is 0 Å². The Morgan fingerprint density at radius 3 is 1.89 bits per heavy atom. The predicted molar refractivity (Wildman–Crippen MR) is 113 cm³/mol. The minimum absolute atomic E-state index is 0.238. The van der Waals surface area contributed by atoms with Crippen LogP contribution in [0.25, 0.3) is 0 Å². The van der Waals surface area contributed by atoms with Crippen molar-refractivity contribution < 1.29 is 15.3 Å². The van der Waals surface area contributed by atoms with Crippen LogP contribution >= 0.6 is 0 Å². The molecule has 3 heteroatoms. The lowest BCUT2D eigenvalue weighted by Gasteiger charge is -2.32. The van der Waals surface area contributed by atoms with Gasteiger partial charge in [-0.15, -0.1) is 0 Å². The normalized spacial score (nSPS) is 13.2. The van der Waals surface area contributed by atoms with Gasteiger partial charge in [0, 0.05) is 5.41 Å². The van der Waals surface area contributed by atoms with E-state index in [9.17, 15) is 15.3 Å². The lowest BCUT2D eigenvalue weighted by molar-refractivity contribution is 0.464. The Bertz CT molecular complexity index is 960. The Balaban J connectivity index is 1.88. The van der Waals surface area contributed by atoms with Gasteiger partial charge in [0.1, 0.15) is 17.2 Å². The summed E-state index contributed by atoms with van der Waals surface area (Å²) in [4.78, 5) is 0. The number of aromatic hydroxyl groups is 3. The topological polar surface area (TPSA) is 60.7 Å². The maximum absolute atomic E-state index is 9.94. The summed E-state index contributed by atoms with van der Waals surface area (Å²) < 4.78 is 0. The van der Waals surface area contributed by atoms with Gasteiger partial charge < -0.3 is 15.3 Å². The van der Waals surface area contributed by atoms with E-state index in [2.05, 4.69) is 6.92 Å². The van der Waals surface area contributed by atoms with Gasteiger partial charge in [-0.05, 0) is 85.2 Å². The summed E-state index contributed by atoms with van der Waals surface area (Å²) in [5.41, 5.74) is 5.01. The fourth-order valence-electron chi connectivity index (χ4n) is 3.80. The fourth-order valence-corrected chi connectivity index (χ4v) is 3.80. The molecule has 0 saturated carbocycles. The summed E-state index contributed by atoms with van der Waals surface area (Å²) in [7, 11) is 0. The number of phenols is 3. The van der Waals surface area contributed by atoms with Gasteiger partial charge in [-0.2, -0.15) is 0 Å². The summed E-state index contributed by atoms with van der Waals surface area (Å²) >= 11 is 0. The van der Waals surface area contributed by atoms with E-state index in [4.69, 9.17) is 0 Å². The van der Waals surface area contributed by atoms with E-state index in [1.807, 2.05) is 50.2 Å². The number of phenolic OH excluding ortho intramolecular Hbond substituents is 3. The molecule has 0 heterocycles. The highest BCUT2D eigenvalue weighted by Gasteiger charge is 2.29. The molecule has 146 valence electrons. The van der Waals surface area contributed by atoms with E-state index >= 15 is 0 Å². The zero-order valence-electron chi connectivity index (χ0n) is 16.7. The van der Waals surface area contributed by atoms with Gasteiger partial charge in [0.25, 0.3) is 0 Å². The van der Waals surface area contributed by atoms with Crippen LogP contribution in [0.4, 0.5) is 0 Å². The van der Waals surface area contributed by atoms with Gasteiger partial charge in [0.2, 0.25) is 0 Å². The Morgan fingerprint density at radius 2 is 1.29 bits per heavy atom. The average Bonchev–Trinajstić information content (AvgIpc) is 2.67. The predicted octanol–water partition coefficient (Wildman–Crippen LogP) is 5.75. The van der Waals surface area contributed by atoms with Crippen LogP contribution in [0.3, 0.4) is 0 Å². The van der Waals surface area contributed by atoms with Crippen LogP contribution < -0.4 is 0 Å². The molecule has 0 aromatic heterocycles. The van der Waals surface area contributed by atoms with Crippen molar-refractivity contribution in [1.82, 2.24) is 0 Å². The van der Waals surface area contributed by atoms with Gasteiger partial charge in [-0.3, -0.25) is 0 Å². The highest BCUT2D eigenvalue weighted by Crippen LogP contribution is 2.39. The molecular formula is C25H28O3. The second-order valence-electron chi connectivity index (χ2n) is 7.85. The molecule has 0 radical (unpaired) electrons. The highest BCUT2D eigenvalue weighted by molar-refractivity contribution is 5.45. The first-order valence-electron chi connectivity index (χ1n) is 9.68. The van der Waals surface area contributed by atoms with Crippen molar-refractivity contribution in [3.8, 4) is 17.2 Å². The van der Waals surface area contributed by atoms with E-state index in [0.29, 0.717) is 11.5 Å². The van der Waals surface area contributed by atoms with Crippen LogP contribution in [-0.4, -0.2) is 15.3 Å². The molecule has 3 aromatic carbocycles. The number of hydrogen-bond acceptors (Lipinski definition) is 3. The van der Waals surface area contributed by atoms with Crippen molar-refractivity contribution in [2.24, 2.45) is 0 Å². The minimum atomic E-state index is -0.238. The molecule has 0 fully saturated rings. The molecule has 3 N–H and O–H groups in total. The molecule has 0 aliphatic heterocycles. The first-order valence-corrected chi connectivity index (χ1v) is 9.68. The summed E-state index contributed by atoms with van der Waals surface area (Å²) in [6, 6.07) is 19.0. The maximum atomic E-state index is 9.94. The molecule has 3 aromatic rings. The van der Waals surface area contributed by atoms with Crippen molar-refractivity contribution in [2.45, 2.75) is 45.4 Å². The van der Waals surface area contributed by atoms with Crippen LogP contribution in [0.15, 0.2) is 60.7 Å². The largest absolute Gasteiger partial charge is 0.508 e. The van der Waals surface area contributed by atoms with Crippen molar-refractivity contribution in [3.63, 3.8) is 0 Å². The van der Waals surface area contributed by atoms with Crippen molar-refractivity contribution in [3.05, 3.63) is 88.5 Å². The third-order valence-corrected chi connectivity index (χ3v) is 5.74. The van der Waals surface area contributed by atoms with Gasteiger partial charge in [0.05, 0.1) is 0 Å². The van der Waals surface area contributed by atoms with Crippen molar-refractivity contribution >= 4 is 0 Å². The summed E-state index contributed by atoms with van der Waals surface area (Å²) in [5, 5.41) is 29.4. The third kappa shape index (κ3) is 4.14. The van der Waals surface area contributed by atoms with E-state index in [1.54, 1.807) is 24.3 Å². The molecule has 3 nitrogen and oxygen atoms in total. The number of hydrogen-bond donors (Lipinski definition) is 3. The van der Waals surface area contributed by atoms with Gasteiger partial charge in [0.15, 0.2) is 0 Å². The summed E-state index contributed by atoms with van der Waals surface area (Å²) in [6.07, 6.45) is 2.81. The lowest BCUT2D eigenvalue weighted by Crippen LogP contribution is -2.24. The van der Waals surface area contributed by atoms with E-state index in [-0.39, 0.29) is 11.2 Å². The first-order chi connectivity index (χ1) is 13.3. The standard InChI is InChI=1S/C25H28O3/c1-17-15-19(6-12-23(17)27)5-4-14-25(3,20-7-10-22(26)11-8-20)21-9-13-24(28)18(2)16-21/h6-13,15-16,26-28H,4-5,14H2,1-3H3. The van der Waals surface area contributed by atoms with Crippen LogP contribution in [-0.2, 0) is 11.8 Å². The highest BCUT2D eigenvalue weighted by atomic mass is 16.3. The third-order valence-electron chi connectivity index (χ3n) is 5.74. The zero-order chi connectivity index (χ0) is 20.3. The van der Waals surface area contributed by atoms with Crippen molar-refractivity contribution in [1.29, 1.82) is 0 Å². The smallest absolute Gasteiger partial charge is 0.118 e. The molecule has 0 spiro atoms. The molecular weight excluding hydrogens is 348 g/mol. The summed E-state index contributed by atoms with van der Waals surface area (Å²) in [6.45, 7) is 6.04. The fraction of sp³-hybridized carbons (Fsp3) is 0.280. The zero-order valence-corrected chi connectivity index (χ0v) is 16.7. The minimum Gasteiger partial charge on any atom is -0.508 e. The molecule has 0 aliphatic rings. The lowest BCUT2D eigenvalue weighted by atomic mass is 9.72. The Kier molecular flexibility index (Phi) is 5.64. The molecule has 0 saturated heterocycles. The molecule has 3 rings (SSSR count). The molecule has 1 unspecified atom stereocenters. The average molecular weight is 376 g/mol. The van der Waals surface area contributed by atoms with Crippen LogP contribution in [0, 0.1) is 13.8 Å². The van der Waals surface area contributed by atoms with E-state index in [1.165, 1.54) is 5.56 Å². The second-order valence-corrected chi connectivity index (χ2v) is 7.85. The molecule has 0 bridgehead atoms. The van der Waals surface area contributed by atoms with Crippen LogP contribution in [0.5, 0.6) is 17.2 Å². The number of rotatable bonds is 6. The van der Waals surface area contributed by atoms with Gasteiger partial charge in [-0.1, -0.05) is 43.3 Å². The van der Waals surface area contributed by atoms with E-state index < -0.39 is 0 Å². The Morgan fingerprint density at radius 1 is 0.714 bits per heavy atom. The van der Waals surface area contributed by atoms with Gasteiger partial charge >= 0.3 is 0 Å². The number of aryl methyl sites for hydroxylation is 3. The Labute approximate surface area is 166 Å². The monoisotopic (exact) mass is 376 g/mol. The quantitative estimate of drug-likeness (QED) is 0.513. The molecule has 1 atom stereocenters.